The van der Waals surface area contributed by atoms with E-state index in [1.807, 2.05) is 0 Å². The number of carbonyl (C=O) groups excluding carboxylic acids is 2. The summed E-state index contributed by atoms with van der Waals surface area (Å²) in [5.41, 5.74) is -0.817. The number of hydrogen-bond donors (Lipinski definition) is 2. The third kappa shape index (κ3) is 6.63. The van der Waals surface area contributed by atoms with Gasteiger partial charge in [0, 0.05) is 19.5 Å². The topological polar surface area (TPSA) is 95.9 Å². The molecule has 0 saturated carbocycles. The second-order valence-electron chi connectivity index (χ2n) is 6.68. The van der Waals surface area contributed by atoms with Crippen LogP contribution in [0.25, 0.3) is 0 Å². The Morgan fingerprint density at radius 1 is 1.38 bits per heavy atom. The van der Waals surface area contributed by atoms with Crippen LogP contribution in [0.4, 0.5) is 18.0 Å². The molecule has 0 spiro atoms. The lowest BCUT2D eigenvalue weighted by Crippen LogP contribution is -2.47. The molecule has 2 unspecified atom stereocenters. The standard InChI is InChI=1S/C14H21F3N2O5/c1-13(2,3)24-12(23)18-9(5-11(21)22)7-19-6-8(4-10(19)20)14(15,16)17/h8-9H,4-7H2,1-3H3,(H,18,23)(H,21,22). The third-order valence-electron chi connectivity index (χ3n) is 3.26. The molecule has 0 aromatic heterocycles. The number of alkyl halides is 3. The van der Waals surface area contributed by atoms with E-state index in [0.717, 1.165) is 4.90 Å². The maximum Gasteiger partial charge on any atom is 0.407 e. The smallest absolute Gasteiger partial charge is 0.407 e. The Kier molecular flexibility index (Phi) is 6.07. The molecule has 10 heteroatoms. The number of ether oxygens (including phenoxy) is 1. The van der Waals surface area contributed by atoms with Gasteiger partial charge >= 0.3 is 18.2 Å². The molecular formula is C14H21F3N2O5. The van der Waals surface area contributed by atoms with E-state index >= 15 is 0 Å². The Morgan fingerprint density at radius 3 is 2.38 bits per heavy atom. The van der Waals surface area contributed by atoms with Crippen molar-refractivity contribution in [3.8, 4) is 0 Å². The van der Waals surface area contributed by atoms with Gasteiger partial charge in [-0.2, -0.15) is 13.2 Å². The fraction of sp³-hybridized carbons (Fsp3) is 0.786. The molecule has 7 nitrogen and oxygen atoms in total. The monoisotopic (exact) mass is 354 g/mol. The second kappa shape index (κ2) is 7.27. The van der Waals surface area contributed by atoms with Crippen molar-refractivity contribution in [2.75, 3.05) is 13.1 Å². The molecule has 2 N–H and O–H groups in total. The molecule has 0 aliphatic carbocycles. The molecular weight excluding hydrogens is 333 g/mol. The zero-order valence-electron chi connectivity index (χ0n) is 13.6. The molecule has 0 bridgehead atoms. The van der Waals surface area contributed by atoms with Crippen LogP contribution in [0.3, 0.4) is 0 Å². The van der Waals surface area contributed by atoms with Crippen molar-refractivity contribution in [2.24, 2.45) is 5.92 Å². The highest BCUT2D eigenvalue weighted by molar-refractivity contribution is 5.79. The van der Waals surface area contributed by atoms with Crippen molar-refractivity contribution in [3.05, 3.63) is 0 Å². The normalized spacial score (nSPS) is 20.0. The largest absolute Gasteiger partial charge is 0.481 e. The van der Waals surface area contributed by atoms with Gasteiger partial charge in [-0.1, -0.05) is 0 Å². The summed E-state index contributed by atoms with van der Waals surface area (Å²) in [7, 11) is 0. The lowest BCUT2D eigenvalue weighted by atomic mass is 10.1. The zero-order valence-corrected chi connectivity index (χ0v) is 13.6. The van der Waals surface area contributed by atoms with Gasteiger partial charge in [0.15, 0.2) is 0 Å². The molecule has 24 heavy (non-hydrogen) atoms. The molecule has 2 amide bonds. The summed E-state index contributed by atoms with van der Waals surface area (Å²) in [4.78, 5) is 35.2. The second-order valence-corrected chi connectivity index (χ2v) is 6.68. The van der Waals surface area contributed by atoms with Gasteiger partial charge < -0.3 is 20.1 Å². The molecule has 1 saturated heterocycles. The number of aliphatic carboxylic acids is 1. The molecule has 1 aliphatic heterocycles. The van der Waals surface area contributed by atoms with Crippen LogP contribution in [-0.4, -0.2) is 58.9 Å². The van der Waals surface area contributed by atoms with Gasteiger partial charge in [0.25, 0.3) is 0 Å². The highest BCUT2D eigenvalue weighted by atomic mass is 19.4. The van der Waals surface area contributed by atoms with Crippen LogP contribution >= 0.6 is 0 Å². The molecule has 1 heterocycles. The molecule has 1 aliphatic rings. The number of carboxylic acid groups (broad SMARTS) is 1. The maximum atomic E-state index is 12.7. The first-order chi connectivity index (χ1) is 10.8. The number of amides is 2. The van der Waals surface area contributed by atoms with Crippen LogP contribution in [0.15, 0.2) is 0 Å². The van der Waals surface area contributed by atoms with Gasteiger partial charge in [0.05, 0.1) is 18.4 Å². The minimum Gasteiger partial charge on any atom is -0.481 e. The lowest BCUT2D eigenvalue weighted by Gasteiger charge is -2.26. The molecule has 0 aromatic rings. The van der Waals surface area contributed by atoms with Gasteiger partial charge in [-0.15, -0.1) is 0 Å². The predicted octanol–water partition coefficient (Wildman–Crippen LogP) is 1.77. The number of carbonyl (C=O) groups is 3. The van der Waals surface area contributed by atoms with Crippen molar-refractivity contribution in [3.63, 3.8) is 0 Å². The molecule has 1 rings (SSSR count). The van der Waals surface area contributed by atoms with E-state index in [4.69, 9.17) is 9.84 Å². The van der Waals surface area contributed by atoms with Crippen molar-refractivity contribution in [1.29, 1.82) is 0 Å². The lowest BCUT2D eigenvalue weighted by molar-refractivity contribution is -0.171. The Morgan fingerprint density at radius 2 is 1.96 bits per heavy atom. The first kappa shape index (κ1) is 20.0. The van der Waals surface area contributed by atoms with E-state index in [9.17, 15) is 27.6 Å². The van der Waals surface area contributed by atoms with E-state index in [1.54, 1.807) is 20.8 Å². The van der Waals surface area contributed by atoms with Gasteiger partial charge in [-0.05, 0) is 20.8 Å². The zero-order chi connectivity index (χ0) is 18.7. The number of rotatable bonds is 5. The fourth-order valence-electron chi connectivity index (χ4n) is 2.28. The van der Waals surface area contributed by atoms with E-state index in [0.29, 0.717) is 0 Å². The third-order valence-corrected chi connectivity index (χ3v) is 3.26. The molecule has 1 fully saturated rings. The van der Waals surface area contributed by atoms with E-state index in [-0.39, 0.29) is 6.54 Å². The summed E-state index contributed by atoms with van der Waals surface area (Å²) >= 11 is 0. The van der Waals surface area contributed by atoms with E-state index in [1.165, 1.54) is 0 Å². The van der Waals surface area contributed by atoms with Crippen LogP contribution in [0.2, 0.25) is 0 Å². The highest BCUT2D eigenvalue weighted by Crippen LogP contribution is 2.34. The number of halogens is 3. The molecule has 2 atom stereocenters. The summed E-state index contributed by atoms with van der Waals surface area (Å²) in [5.74, 6) is -3.76. The van der Waals surface area contributed by atoms with Crippen LogP contribution in [0, 0.1) is 5.92 Å². The minimum absolute atomic E-state index is 0.322. The van der Waals surface area contributed by atoms with Gasteiger partial charge in [0.1, 0.15) is 5.60 Å². The maximum absolute atomic E-state index is 12.7. The predicted molar refractivity (Wildman–Crippen MR) is 76.2 cm³/mol. The summed E-state index contributed by atoms with van der Waals surface area (Å²) in [6, 6.07) is -1.05. The molecule has 138 valence electrons. The Balaban J connectivity index is 2.71. The van der Waals surface area contributed by atoms with Crippen molar-refractivity contribution < 1.29 is 37.4 Å². The highest BCUT2D eigenvalue weighted by Gasteiger charge is 2.47. The van der Waals surface area contributed by atoms with Gasteiger partial charge in [-0.3, -0.25) is 9.59 Å². The summed E-state index contributed by atoms with van der Waals surface area (Å²) in [6.45, 7) is 3.95. The average molecular weight is 354 g/mol. The number of nitrogens with one attached hydrogen (secondary N) is 1. The Hall–Kier alpha value is -2.00. The fourth-order valence-corrected chi connectivity index (χ4v) is 2.28. The van der Waals surface area contributed by atoms with Crippen LogP contribution < -0.4 is 5.32 Å². The number of hydrogen-bond acceptors (Lipinski definition) is 4. The quantitative estimate of drug-likeness (QED) is 0.784. The summed E-state index contributed by atoms with van der Waals surface area (Å²) in [6.07, 6.45) is -6.60. The van der Waals surface area contributed by atoms with Crippen molar-refractivity contribution in [2.45, 2.75) is 51.4 Å². The van der Waals surface area contributed by atoms with Crippen molar-refractivity contribution in [1.82, 2.24) is 10.2 Å². The first-order valence-corrected chi connectivity index (χ1v) is 7.33. The Labute approximate surface area is 137 Å². The summed E-state index contributed by atoms with van der Waals surface area (Å²) in [5, 5.41) is 11.2. The average Bonchev–Trinajstić information content (AvgIpc) is 2.67. The summed E-state index contributed by atoms with van der Waals surface area (Å²) < 4.78 is 43.1. The van der Waals surface area contributed by atoms with E-state index < -0.39 is 61.1 Å². The van der Waals surface area contributed by atoms with Crippen LogP contribution in [0.5, 0.6) is 0 Å². The Bertz CT molecular complexity index is 502. The number of nitrogens with zero attached hydrogens (tertiary/aromatic N) is 1. The SMILES string of the molecule is CC(C)(C)OC(=O)NC(CC(=O)O)CN1CC(C(F)(F)F)CC1=O. The first-order valence-electron chi connectivity index (χ1n) is 7.33. The minimum atomic E-state index is -4.49. The van der Waals surface area contributed by atoms with E-state index in [2.05, 4.69) is 5.32 Å². The number of likely N-dealkylation sites (tertiary alicyclic amines) is 1. The number of alkyl carbamates (subject to hydrolysis) is 1. The van der Waals surface area contributed by atoms with Gasteiger partial charge in [0.2, 0.25) is 5.91 Å². The molecule has 0 aromatic carbocycles. The molecule has 0 radical (unpaired) electrons. The van der Waals surface area contributed by atoms with Crippen LogP contribution in [0.1, 0.15) is 33.6 Å². The van der Waals surface area contributed by atoms with Crippen molar-refractivity contribution >= 4 is 18.0 Å². The van der Waals surface area contributed by atoms with Crippen LogP contribution in [-0.2, 0) is 14.3 Å². The van der Waals surface area contributed by atoms with Gasteiger partial charge in [-0.25, -0.2) is 4.79 Å². The number of carboxylic acids is 1.